The van der Waals surface area contributed by atoms with Crippen LogP contribution in [-0.2, 0) is 0 Å². The van der Waals surface area contributed by atoms with Gasteiger partial charge in [0.1, 0.15) is 5.82 Å². The second-order valence-corrected chi connectivity index (χ2v) is 7.07. The molecule has 1 atom stereocenters. The number of anilines is 1. The van der Waals surface area contributed by atoms with Crippen LogP contribution in [0, 0.1) is 11.2 Å². The maximum atomic E-state index is 12.8. The molecule has 0 aromatic heterocycles. The second-order valence-electron chi connectivity index (χ2n) is 5.78. The number of nitrogens with one attached hydrogen (secondary N) is 1. The summed E-state index contributed by atoms with van der Waals surface area (Å²) in [5.74, 6) is -0.216. The van der Waals surface area contributed by atoms with Crippen LogP contribution in [0.1, 0.15) is 27.2 Å². The van der Waals surface area contributed by atoms with Crippen molar-refractivity contribution in [1.82, 2.24) is 0 Å². The standard InChI is InChI=1S/C14H19FN2S/c1-14(2,3)8-12-9-16-13(18-12)17-11-6-4-10(15)5-7-11/h4-7,12H,8-9H2,1-3H3,(H,16,17). The summed E-state index contributed by atoms with van der Waals surface area (Å²) < 4.78 is 12.8. The number of hydrogen-bond donors (Lipinski definition) is 1. The minimum absolute atomic E-state index is 0.216. The van der Waals surface area contributed by atoms with Crippen LogP contribution in [0.15, 0.2) is 29.3 Å². The molecule has 0 bridgehead atoms. The summed E-state index contributed by atoms with van der Waals surface area (Å²) in [6, 6.07) is 6.37. The van der Waals surface area contributed by atoms with Crippen molar-refractivity contribution in [3.63, 3.8) is 0 Å². The van der Waals surface area contributed by atoms with Crippen LogP contribution in [0.5, 0.6) is 0 Å². The highest BCUT2D eigenvalue weighted by atomic mass is 32.2. The molecule has 2 rings (SSSR count). The quantitative estimate of drug-likeness (QED) is 0.869. The number of amidine groups is 1. The molecule has 1 unspecified atom stereocenters. The average molecular weight is 266 g/mol. The SMILES string of the molecule is CC(C)(C)CC1CN=C(Nc2ccc(F)cc2)S1. The minimum Gasteiger partial charge on any atom is -0.335 e. The van der Waals surface area contributed by atoms with Gasteiger partial charge in [0.05, 0.1) is 6.54 Å². The van der Waals surface area contributed by atoms with Gasteiger partial charge in [-0.2, -0.15) is 0 Å². The second kappa shape index (κ2) is 5.31. The van der Waals surface area contributed by atoms with Crippen molar-refractivity contribution in [3.05, 3.63) is 30.1 Å². The Bertz CT molecular complexity index is 434. The molecule has 98 valence electrons. The van der Waals surface area contributed by atoms with Gasteiger partial charge >= 0.3 is 0 Å². The van der Waals surface area contributed by atoms with E-state index in [2.05, 4.69) is 31.1 Å². The van der Waals surface area contributed by atoms with Gasteiger partial charge in [0, 0.05) is 10.9 Å². The van der Waals surface area contributed by atoms with Crippen molar-refractivity contribution in [2.75, 3.05) is 11.9 Å². The van der Waals surface area contributed by atoms with Gasteiger partial charge < -0.3 is 5.32 Å². The van der Waals surface area contributed by atoms with E-state index in [1.807, 2.05) is 0 Å². The highest BCUT2D eigenvalue weighted by Gasteiger charge is 2.24. The first-order valence-corrected chi connectivity index (χ1v) is 7.04. The van der Waals surface area contributed by atoms with E-state index in [-0.39, 0.29) is 5.82 Å². The Hall–Kier alpha value is -1.03. The number of benzene rings is 1. The van der Waals surface area contributed by atoms with E-state index in [1.165, 1.54) is 12.1 Å². The Morgan fingerprint density at radius 3 is 2.61 bits per heavy atom. The molecule has 1 aromatic rings. The van der Waals surface area contributed by atoms with Crippen LogP contribution in [0.4, 0.5) is 10.1 Å². The molecule has 0 spiro atoms. The molecule has 0 fully saturated rings. The molecular formula is C14H19FN2S. The summed E-state index contributed by atoms with van der Waals surface area (Å²) in [7, 11) is 0. The average Bonchev–Trinajstić information content (AvgIpc) is 2.66. The summed E-state index contributed by atoms with van der Waals surface area (Å²) in [5, 5.41) is 4.72. The van der Waals surface area contributed by atoms with Crippen LogP contribution in [-0.4, -0.2) is 17.0 Å². The molecule has 0 radical (unpaired) electrons. The number of aliphatic imine (C=N–C) groups is 1. The molecule has 4 heteroatoms. The van der Waals surface area contributed by atoms with Crippen molar-refractivity contribution in [2.24, 2.45) is 10.4 Å². The number of thioether (sulfide) groups is 1. The van der Waals surface area contributed by atoms with Crippen molar-refractivity contribution in [2.45, 2.75) is 32.4 Å². The number of nitrogens with zero attached hydrogens (tertiary/aromatic N) is 1. The van der Waals surface area contributed by atoms with Crippen molar-refractivity contribution in [1.29, 1.82) is 0 Å². The van der Waals surface area contributed by atoms with E-state index in [1.54, 1.807) is 23.9 Å². The van der Waals surface area contributed by atoms with Crippen LogP contribution >= 0.6 is 11.8 Å². The lowest BCUT2D eigenvalue weighted by atomic mass is 9.90. The summed E-state index contributed by atoms with van der Waals surface area (Å²) in [6.45, 7) is 7.61. The molecule has 1 heterocycles. The van der Waals surface area contributed by atoms with Gasteiger partial charge in [0.2, 0.25) is 0 Å². The molecule has 0 aliphatic carbocycles. The highest BCUT2D eigenvalue weighted by molar-refractivity contribution is 8.15. The lowest BCUT2D eigenvalue weighted by Crippen LogP contribution is -2.16. The molecule has 1 N–H and O–H groups in total. The monoisotopic (exact) mass is 266 g/mol. The fourth-order valence-electron chi connectivity index (χ4n) is 1.93. The molecule has 2 nitrogen and oxygen atoms in total. The van der Waals surface area contributed by atoms with Crippen molar-refractivity contribution < 1.29 is 4.39 Å². The van der Waals surface area contributed by atoms with Crippen molar-refractivity contribution in [3.8, 4) is 0 Å². The summed E-state index contributed by atoms with van der Waals surface area (Å²) in [6.07, 6.45) is 1.15. The third kappa shape index (κ3) is 4.02. The van der Waals surface area contributed by atoms with Gasteiger partial charge in [-0.15, -0.1) is 0 Å². The van der Waals surface area contributed by atoms with Crippen LogP contribution in [0.25, 0.3) is 0 Å². The van der Waals surface area contributed by atoms with E-state index < -0.39 is 0 Å². The van der Waals surface area contributed by atoms with Gasteiger partial charge in [0.25, 0.3) is 0 Å². The van der Waals surface area contributed by atoms with Crippen molar-refractivity contribution >= 4 is 22.6 Å². The Labute approximate surface area is 112 Å². The topological polar surface area (TPSA) is 24.4 Å². The zero-order chi connectivity index (χ0) is 13.2. The zero-order valence-electron chi connectivity index (χ0n) is 11.0. The smallest absolute Gasteiger partial charge is 0.161 e. The summed E-state index contributed by atoms with van der Waals surface area (Å²) in [4.78, 5) is 4.49. The van der Waals surface area contributed by atoms with E-state index in [4.69, 9.17) is 0 Å². The largest absolute Gasteiger partial charge is 0.335 e. The predicted molar refractivity (Wildman–Crippen MR) is 77.8 cm³/mol. The van der Waals surface area contributed by atoms with E-state index in [9.17, 15) is 4.39 Å². The van der Waals surface area contributed by atoms with Crippen LogP contribution in [0.3, 0.4) is 0 Å². The van der Waals surface area contributed by atoms with Crippen LogP contribution in [0.2, 0.25) is 0 Å². The fourth-order valence-corrected chi connectivity index (χ4v) is 3.31. The third-order valence-electron chi connectivity index (χ3n) is 2.65. The Balaban J connectivity index is 1.88. The van der Waals surface area contributed by atoms with Gasteiger partial charge in [-0.05, 0) is 36.1 Å². The Morgan fingerprint density at radius 2 is 2.00 bits per heavy atom. The maximum absolute atomic E-state index is 12.8. The van der Waals surface area contributed by atoms with Gasteiger partial charge in [-0.25, -0.2) is 4.39 Å². The lowest BCUT2D eigenvalue weighted by molar-refractivity contribution is 0.375. The maximum Gasteiger partial charge on any atom is 0.161 e. The van der Waals surface area contributed by atoms with E-state index >= 15 is 0 Å². The number of hydrogen-bond acceptors (Lipinski definition) is 3. The lowest BCUT2D eigenvalue weighted by Gasteiger charge is -2.21. The first-order chi connectivity index (χ1) is 8.42. The predicted octanol–water partition coefficient (Wildman–Crippen LogP) is 4.15. The minimum atomic E-state index is -0.216. The van der Waals surface area contributed by atoms with Crippen LogP contribution < -0.4 is 5.32 Å². The summed E-state index contributed by atoms with van der Waals surface area (Å²) >= 11 is 1.78. The number of halogens is 1. The molecule has 0 amide bonds. The molecule has 1 aliphatic heterocycles. The molecular weight excluding hydrogens is 247 g/mol. The third-order valence-corrected chi connectivity index (χ3v) is 3.76. The van der Waals surface area contributed by atoms with Gasteiger partial charge in [-0.3, -0.25) is 4.99 Å². The van der Waals surface area contributed by atoms with Gasteiger partial charge in [0.15, 0.2) is 5.17 Å². The Kier molecular flexibility index (Phi) is 3.95. The van der Waals surface area contributed by atoms with E-state index in [0.717, 1.165) is 23.8 Å². The van der Waals surface area contributed by atoms with E-state index in [0.29, 0.717) is 10.7 Å². The fraction of sp³-hybridized carbons (Fsp3) is 0.500. The molecule has 1 aliphatic rings. The molecule has 1 aromatic carbocycles. The highest BCUT2D eigenvalue weighted by Crippen LogP contribution is 2.32. The molecule has 18 heavy (non-hydrogen) atoms. The number of rotatable bonds is 2. The summed E-state index contributed by atoms with van der Waals surface area (Å²) in [5.41, 5.74) is 1.22. The Morgan fingerprint density at radius 1 is 1.33 bits per heavy atom. The molecule has 0 saturated carbocycles. The first-order valence-electron chi connectivity index (χ1n) is 6.16. The molecule has 0 saturated heterocycles. The first kappa shape index (κ1) is 13.4. The van der Waals surface area contributed by atoms with Gasteiger partial charge in [-0.1, -0.05) is 32.5 Å². The normalized spacial score (nSPS) is 19.8. The zero-order valence-corrected chi connectivity index (χ0v) is 11.9.